The molecule has 1 saturated heterocycles. The topological polar surface area (TPSA) is 97.6 Å². The summed E-state index contributed by atoms with van der Waals surface area (Å²) in [6.45, 7) is 1.92. The minimum absolute atomic E-state index is 0.171. The summed E-state index contributed by atoms with van der Waals surface area (Å²) in [5.74, 6) is 0.466. The second-order valence-corrected chi connectivity index (χ2v) is 6.44. The van der Waals surface area contributed by atoms with Gasteiger partial charge in [0.05, 0.1) is 6.04 Å². The molecule has 1 aliphatic heterocycles. The summed E-state index contributed by atoms with van der Waals surface area (Å²) < 4.78 is 10.5. The van der Waals surface area contributed by atoms with Crippen LogP contribution in [0.1, 0.15) is 23.3 Å². The van der Waals surface area contributed by atoms with Crippen LogP contribution in [-0.4, -0.2) is 53.2 Å². The summed E-state index contributed by atoms with van der Waals surface area (Å²) >= 11 is 6.24. The van der Waals surface area contributed by atoms with Crippen molar-refractivity contribution in [3.05, 3.63) is 46.6 Å². The van der Waals surface area contributed by atoms with Crippen molar-refractivity contribution in [3.8, 4) is 0 Å². The molecule has 2 heterocycles. The molecule has 9 heteroatoms. The van der Waals surface area contributed by atoms with Gasteiger partial charge in [-0.25, -0.2) is 0 Å². The molecule has 3 rings (SSSR count). The van der Waals surface area contributed by atoms with Gasteiger partial charge in [0.25, 0.3) is 5.91 Å². The van der Waals surface area contributed by atoms with Gasteiger partial charge < -0.3 is 19.5 Å². The summed E-state index contributed by atoms with van der Waals surface area (Å²) in [5.41, 5.74) is 0.641. The third kappa shape index (κ3) is 4.03. The van der Waals surface area contributed by atoms with Crippen LogP contribution in [0.4, 0.5) is 0 Å². The van der Waals surface area contributed by atoms with Crippen molar-refractivity contribution in [2.75, 3.05) is 20.2 Å². The van der Waals surface area contributed by atoms with Crippen molar-refractivity contribution in [2.24, 2.45) is 0 Å². The Labute approximate surface area is 155 Å². The number of hydrogen-bond acceptors (Lipinski definition) is 6. The van der Waals surface area contributed by atoms with Crippen molar-refractivity contribution < 1.29 is 18.8 Å². The second kappa shape index (κ2) is 7.84. The predicted molar refractivity (Wildman–Crippen MR) is 92.5 cm³/mol. The van der Waals surface area contributed by atoms with Crippen molar-refractivity contribution in [3.63, 3.8) is 0 Å². The molecule has 26 heavy (non-hydrogen) atoms. The number of rotatable bonds is 5. The first-order chi connectivity index (χ1) is 12.5. The predicted octanol–water partition coefficient (Wildman–Crippen LogP) is 1.29. The monoisotopic (exact) mass is 378 g/mol. The van der Waals surface area contributed by atoms with Crippen LogP contribution >= 0.6 is 11.6 Å². The zero-order valence-electron chi connectivity index (χ0n) is 14.4. The number of hydrogen-bond donors (Lipinski definition) is 1. The average Bonchev–Trinajstić information content (AvgIpc) is 3.05. The largest absolute Gasteiger partial charge is 0.356 e. The van der Waals surface area contributed by atoms with Gasteiger partial charge in [0.2, 0.25) is 11.8 Å². The lowest BCUT2D eigenvalue weighted by atomic mass is 9.98. The maximum absolute atomic E-state index is 12.9. The number of aryl methyl sites for hydroxylation is 1. The standard InChI is InChI=1S/C17H19ClN4O4/c1-10-19-13(21-26-10)7-8-22(2)17(24)16-15(20-14(23)9-25-16)11-5-3-4-6-12(11)18/h3-6,15-16H,7-9H2,1-2H3,(H,20,23)/t15-,16+/m1/s1. The molecule has 1 aromatic carbocycles. The molecule has 1 N–H and O–H groups in total. The van der Waals surface area contributed by atoms with E-state index in [0.29, 0.717) is 35.3 Å². The molecule has 1 aliphatic rings. The molecule has 1 fully saturated rings. The van der Waals surface area contributed by atoms with Gasteiger partial charge >= 0.3 is 0 Å². The Hall–Kier alpha value is -2.45. The number of nitrogens with one attached hydrogen (secondary N) is 1. The maximum Gasteiger partial charge on any atom is 0.253 e. The van der Waals surface area contributed by atoms with Gasteiger partial charge in [0, 0.05) is 32.0 Å². The summed E-state index contributed by atoms with van der Waals surface area (Å²) in [4.78, 5) is 30.3. The number of nitrogens with zero attached hydrogens (tertiary/aromatic N) is 3. The Morgan fingerprint density at radius 2 is 2.19 bits per heavy atom. The fraction of sp³-hybridized carbons (Fsp3) is 0.412. The molecule has 0 saturated carbocycles. The van der Waals surface area contributed by atoms with E-state index in [1.165, 1.54) is 4.90 Å². The zero-order chi connectivity index (χ0) is 18.7. The van der Waals surface area contributed by atoms with E-state index in [1.807, 2.05) is 0 Å². The Morgan fingerprint density at radius 1 is 1.42 bits per heavy atom. The summed E-state index contributed by atoms with van der Waals surface area (Å²) in [5, 5.41) is 7.08. The third-order valence-electron chi connectivity index (χ3n) is 4.11. The first-order valence-corrected chi connectivity index (χ1v) is 8.53. The molecule has 2 atom stereocenters. The number of carbonyl (C=O) groups excluding carboxylic acids is 2. The van der Waals surface area contributed by atoms with E-state index in [1.54, 1.807) is 38.2 Å². The fourth-order valence-corrected chi connectivity index (χ4v) is 3.03. The van der Waals surface area contributed by atoms with Crippen LogP contribution in [-0.2, 0) is 20.7 Å². The lowest BCUT2D eigenvalue weighted by molar-refractivity contribution is -0.154. The van der Waals surface area contributed by atoms with Crippen molar-refractivity contribution in [2.45, 2.75) is 25.5 Å². The van der Waals surface area contributed by atoms with E-state index in [-0.39, 0.29) is 18.4 Å². The Bertz CT molecular complexity index is 810. The molecular weight excluding hydrogens is 360 g/mol. The summed E-state index contributed by atoms with van der Waals surface area (Å²) in [6.07, 6.45) is -0.403. The highest BCUT2D eigenvalue weighted by Gasteiger charge is 2.38. The highest BCUT2D eigenvalue weighted by Crippen LogP contribution is 2.29. The minimum Gasteiger partial charge on any atom is -0.356 e. The number of carbonyl (C=O) groups is 2. The van der Waals surface area contributed by atoms with Crippen LogP contribution in [0.3, 0.4) is 0 Å². The molecule has 1 aromatic heterocycles. The van der Waals surface area contributed by atoms with Gasteiger partial charge in [-0.3, -0.25) is 9.59 Å². The van der Waals surface area contributed by atoms with Gasteiger partial charge in [-0.15, -0.1) is 0 Å². The third-order valence-corrected chi connectivity index (χ3v) is 4.46. The molecule has 0 unspecified atom stereocenters. The molecule has 0 bridgehead atoms. The maximum atomic E-state index is 12.9. The number of benzene rings is 1. The molecule has 8 nitrogen and oxygen atoms in total. The van der Waals surface area contributed by atoms with Gasteiger partial charge in [-0.2, -0.15) is 4.98 Å². The number of aromatic nitrogens is 2. The van der Waals surface area contributed by atoms with Gasteiger partial charge in [0.1, 0.15) is 6.61 Å². The fourth-order valence-electron chi connectivity index (χ4n) is 2.77. The number of likely N-dealkylation sites (N-methyl/N-ethyl adjacent to an activating group) is 1. The zero-order valence-corrected chi connectivity index (χ0v) is 15.2. The van der Waals surface area contributed by atoms with Crippen molar-refractivity contribution >= 4 is 23.4 Å². The lowest BCUT2D eigenvalue weighted by Gasteiger charge is -2.34. The molecule has 138 valence electrons. The number of halogens is 1. The number of amides is 2. The first kappa shape index (κ1) is 18.3. The average molecular weight is 379 g/mol. The number of morpholine rings is 1. The van der Waals surface area contributed by atoms with E-state index in [9.17, 15) is 9.59 Å². The highest BCUT2D eigenvalue weighted by molar-refractivity contribution is 6.31. The van der Waals surface area contributed by atoms with Crippen LogP contribution in [0.15, 0.2) is 28.8 Å². The van der Waals surface area contributed by atoms with E-state index in [0.717, 1.165) is 0 Å². The second-order valence-electron chi connectivity index (χ2n) is 6.04. The van der Waals surface area contributed by atoms with E-state index in [4.69, 9.17) is 20.9 Å². The van der Waals surface area contributed by atoms with Gasteiger partial charge in [0.15, 0.2) is 11.9 Å². The normalized spacial score (nSPS) is 19.9. The van der Waals surface area contributed by atoms with E-state index < -0.39 is 12.1 Å². The molecule has 0 radical (unpaired) electrons. The number of ether oxygens (including phenoxy) is 1. The Balaban J connectivity index is 1.72. The highest BCUT2D eigenvalue weighted by atomic mass is 35.5. The van der Waals surface area contributed by atoms with E-state index in [2.05, 4.69) is 15.5 Å². The summed E-state index contributed by atoms with van der Waals surface area (Å²) in [6, 6.07) is 6.41. The van der Waals surface area contributed by atoms with Crippen LogP contribution in [0.25, 0.3) is 0 Å². The van der Waals surface area contributed by atoms with Crippen LogP contribution in [0.2, 0.25) is 5.02 Å². The van der Waals surface area contributed by atoms with Gasteiger partial charge in [-0.05, 0) is 11.6 Å². The van der Waals surface area contributed by atoms with Crippen molar-refractivity contribution in [1.29, 1.82) is 0 Å². The Morgan fingerprint density at radius 3 is 2.88 bits per heavy atom. The molecular formula is C17H19ClN4O4. The lowest BCUT2D eigenvalue weighted by Crippen LogP contribution is -2.53. The van der Waals surface area contributed by atoms with Crippen LogP contribution < -0.4 is 5.32 Å². The molecule has 0 aliphatic carbocycles. The van der Waals surface area contributed by atoms with Crippen molar-refractivity contribution in [1.82, 2.24) is 20.4 Å². The minimum atomic E-state index is -0.857. The SMILES string of the molecule is Cc1nc(CCN(C)C(=O)[C@H]2OCC(=O)N[C@@H]2c2ccccc2Cl)no1. The quantitative estimate of drug-likeness (QED) is 0.841. The Kier molecular flexibility index (Phi) is 5.53. The van der Waals surface area contributed by atoms with Gasteiger partial charge in [-0.1, -0.05) is 35.0 Å². The first-order valence-electron chi connectivity index (χ1n) is 8.15. The van der Waals surface area contributed by atoms with Crippen LogP contribution in [0.5, 0.6) is 0 Å². The smallest absolute Gasteiger partial charge is 0.253 e. The summed E-state index contributed by atoms with van der Waals surface area (Å²) in [7, 11) is 1.67. The molecule has 2 amide bonds. The van der Waals surface area contributed by atoms with Crippen LogP contribution in [0, 0.1) is 6.92 Å². The molecule has 2 aromatic rings. The molecule has 0 spiro atoms. The van der Waals surface area contributed by atoms with E-state index >= 15 is 0 Å².